The van der Waals surface area contributed by atoms with Gasteiger partial charge in [-0.25, -0.2) is 17.6 Å². The van der Waals surface area contributed by atoms with Crippen molar-refractivity contribution >= 4 is 66.4 Å². The van der Waals surface area contributed by atoms with Gasteiger partial charge in [0, 0.05) is 45.4 Å². The maximum absolute atomic E-state index is 17.0. The first-order valence-corrected chi connectivity index (χ1v) is 23.1. The first-order chi connectivity index (χ1) is 34.4. The molecule has 0 saturated carbocycles. The number of nitrogens with zero attached hydrogens (tertiary/aromatic N) is 2. The van der Waals surface area contributed by atoms with Crippen molar-refractivity contribution in [1.29, 1.82) is 0 Å². The monoisotopic (exact) mass is 912 g/mol. The third-order valence-corrected chi connectivity index (χ3v) is 13.2. The van der Waals surface area contributed by atoms with Gasteiger partial charge in [-0.1, -0.05) is 170 Å². The molecule has 0 amide bonds. The molecule has 0 fully saturated rings. The molecule has 12 aromatic carbocycles. The highest BCUT2D eigenvalue weighted by molar-refractivity contribution is 6.28. The fourth-order valence-corrected chi connectivity index (χ4v) is 9.98. The molecule has 0 aliphatic carbocycles. The Morgan fingerprint density at radius 1 is 0.243 bits per heavy atom. The van der Waals surface area contributed by atoms with Crippen molar-refractivity contribution < 1.29 is 17.6 Å². The molecule has 0 unspecified atom stereocenters. The number of hydrogen-bond donors (Lipinski definition) is 0. The van der Waals surface area contributed by atoms with Crippen molar-refractivity contribution in [2.24, 2.45) is 0 Å². The van der Waals surface area contributed by atoms with Gasteiger partial charge in [0.25, 0.3) is 0 Å². The van der Waals surface area contributed by atoms with Crippen LogP contribution in [-0.2, 0) is 0 Å². The number of hydrogen-bond acceptors (Lipinski definition) is 2. The van der Waals surface area contributed by atoms with Crippen molar-refractivity contribution in [2.75, 3.05) is 9.80 Å². The number of halogens is 4. The highest BCUT2D eigenvalue weighted by Gasteiger charge is 2.26. The van der Waals surface area contributed by atoms with E-state index >= 15 is 17.6 Å². The Morgan fingerprint density at radius 3 is 0.986 bits per heavy atom. The van der Waals surface area contributed by atoms with Gasteiger partial charge in [0.05, 0.1) is 22.7 Å². The van der Waals surface area contributed by atoms with Crippen LogP contribution in [0.1, 0.15) is 0 Å². The van der Waals surface area contributed by atoms with Crippen molar-refractivity contribution in [2.45, 2.75) is 0 Å². The summed E-state index contributed by atoms with van der Waals surface area (Å²) in [6.45, 7) is 0. The van der Waals surface area contributed by atoms with Gasteiger partial charge in [-0.15, -0.1) is 0 Å². The van der Waals surface area contributed by atoms with E-state index in [4.69, 9.17) is 0 Å². The van der Waals surface area contributed by atoms with Crippen molar-refractivity contribution in [3.63, 3.8) is 0 Å². The molecule has 0 aromatic heterocycles. The molecule has 12 rings (SSSR count). The summed E-state index contributed by atoms with van der Waals surface area (Å²) in [5.74, 6) is -2.33. The van der Waals surface area contributed by atoms with Crippen LogP contribution in [0.25, 0.3) is 76.8 Å². The van der Waals surface area contributed by atoms with Crippen LogP contribution in [0.15, 0.2) is 243 Å². The van der Waals surface area contributed by atoms with Crippen molar-refractivity contribution in [3.8, 4) is 44.5 Å². The summed E-state index contributed by atoms with van der Waals surface area (Å²) in [5.41, 5.74) is 7.81. The number of para-hydroxylation sites is 2. The summed E-state index contributed by atoms with van der Waals surface area (Å²) in [4.78, 5) is 3.53. The van der Waals surface area contributed by atoms with E-state index in [9.17, 15) is 0 Å². The van der Waals surface area contributed by atoms with Crippen LogP contribution in [0.4, 0.5) is 51.7 Å². The third kappa shape index (κ3) is 7.47. The molecule has 12 aromatic rings. The maximum atomic E-state index is 17.0. The van der Waals surface area contributed by atoms with Gasteiger partial charge in [-0.3, -0.25) is 0 Å². The van der Waals surface area contributed by atoms with Crippen LogP contribution >= 0.6 is 0 Å². The summed E-state index contributed by atoms with van der Waals surface area (Å²) in [6, 6.07) is 74.4. The summed E-state index contributed by atoms with van der Waals surface area (Å²) >= 11 is 0. The fourth-order valence-electron chi connectivity index (χ4n) is 9.98. The Hall–Kier alpha value is -9.00. The largest absolute Gasteiger partial charge is 0.307 e. The summed E-state index contributed by atoms with van der Waals surface area (Å²) in [5, 5.41) is 5.21. The minimum absolute atomic E-state index is 0.0466. The van der Waals surface area contributed by atoms with Gasteiger partial charge in [0.15, 0.2) is 0 Å². The molecule has 0 atom stereocenters. The molecule has 0 radical (unpaired) electrons. The van der Waals surface area contributed by atoms with Crippen LogP contribution in [0.3, 0.4) is 0 Å². The molecule has 0 N–H and O–H groups in total. The summed E-state index contributed by atoms with van der Waals surface area (Å²) in [7, 11) is 0. The lowest BCUT2D eigenvalue weighted by molar-refractivity contribution is 0.604. The second-order valence-corrected chi connectivity index (χ2v) is 17.4. The number of rotatable bonds is 10. The smallest absolute Gasteiger partial charge is 0.148 e. The van der Waals surface area contributed by atoms with E-state index in [0.29, 0.717) is 33.9 Å². The zero-order valence-electron chi connectivity index (χ0n) is 37.5. The lowest BCUT2D eigenvalue weighted by Gasteiger charge is -2.30. The average molecular weight is 913 g/mol. The first-order valence-electron chi connectivity index (χ1n) is 23.1. The van der Waals surface area contributed by atoms with Crippen molar-refractivity contribution in [3.05, 3.63) is 266 Å². The predicted octanol–water partition coefficient (Wildman–Crippen LogP) is 18.7. The Balaban J connectivity index is 1.00. The Morgan fingerprint density at radius 2 is 0.586 bits per heavy atom. The van der Waals surface area contributed by atoms with Crippen LogP contribution in [0.5, 0.6) is 0 Å². The van der Waals surface area contributed by atoms with E-state index in [1.807, 2.05) is 206 Å². The van der Waals surface area contributed by atoms with E-state index < -0.39 is 23.3 Å². The molecule has 0 saturated heterocycles. The van der Waals surface area contributed by atoms with Gasteiger partial charge in [0.2, 0.25) is 0 Å². The predicted molar refractivity (Wildman–Crippen MR) is 281 cm³/mol. The minimum Gasteiger partial charge on any atom is -0.307 e. The highest BCUT2D eigenvalue weighted by atomic mass is 19.1. The Labute approximate surface area is 402 Å². The first kappa shape index (κ1) is 42.4. The van der Waals surface area contributed by atoms with E-state index in [-0.39, 0.29) is 22.5 Å². The van der Waals surface area contributed by atoms with Crippen LogP contribution in [0.2, 0.25) is 0 Å². The van der Waals surface area contributed by atoms with Crippen LogP contribution < -0.4 is 9.80 Å². The third-order valence-electron chi connectivity index (χ3n) is 13.2. The normalized spacial score (nSPS) is 11.4. The van der Waals surface area contributed by atoms with Gasteiger partial charge < -0.3 is 9.80 Å². The molecule has 0 aliphatic rings. The Bertz CT molecular complexity index is 3620. The van der Waals surface area contributed by atoms with E-state index in [0.717, 1.165) is 54.6 Å². The quantitative estimate of drug-likeness (QED) is 0.0996. The van der Waals surface area contributed by atoms with E-state index in [2.05, 4.69) is 0 Å². The van der Waals surface area contributed by atoms with Gasteiger partial charge in [-0.05, 0) is 116 Å². The van der Waals surface area contributed by atoms with Crippen molar-refractivity contribution in [1.82, 2.24) is 0 Å². The van der Waals surface area contributed by atoms with Crippen LogP contribution in [-0.4, -0.2) is 0 Å². The zero-order valence-corrected chi connectivity index (χ0v) is 37.5. The molecule has 0 aliphatic heterocycles. The second kappa shape index (κ2) is 17.6. The summed E-state index contributed by atoms with van der Waals surface area (Å²) in [6.07, 6.45) is 0. The lowest BCUT2D eigenvalue weighted by atomic mass is 9.91. The van der Waals surface area contributed by atoms with E-state index in [1.54, 1.807) is 21.9 Å². The highest BCUT2D eigenvalue weighted by Crippen LogP contribution is 2.49. The molecule has 0 spiro atoms. The molecule has 6 heteroatoms. The maximum Gasteiger partial charge on any atom is 0.148 e. The molecule has 0 bridgehead atoms. The Kier molecular flexibility index (Phi) is 10.6. The lowest BCUT2D eigenvalue weighted by Crippen LogP contribution is -2.14. The van der Waals surface area contributed by atoms with Crippen LogP contribution in [0, 0.1) is 23.3 Å². The van der Waals surface area contributed by atoms with E-state index in [1.165, 1.54) is 24.3 Å². The van der Waals surface area contributed by atoms with Gasteiger partial charge in [0.1, 0.15) is 23.3 Å². The number of anilines is 6. The zero-order chi connectivity index (χ0) is 47.3. The SMILES string of the molecule is Fc1cc(N(c2ccccc2)c2ccc3ccc4c(N(c5ccccc5)c5cc(F)c(-c6cccc(-c7ccccc7)c6)cc5F)ccc5ccc2c3c54)c(F)cc1-c1cccc(-c2ccccc2)c1. The average Bonchev–Trinajstić information content (AvgIpc) is 3.41. The molecule has 70 heavy (non-hydrogen) atoms. The second-order valence-electron chi connectivity index (χ2n) is 17.4. The van der Waals surface area contributed by atoms with Gasteiger partial charge in [-0.2, -0.15) is 0 Å². The topological polar surface area (TPSA) is 6.48 Å². The molecule has 0 heterocycles. The molecular weight excluding hydrogens is 873 g/mol. The van der Waals surface area contributed by atoms with Gasteiger partial charge >= 0.3 is 0 Å². The summed E-state index contributed by atoms with van der Waals surface area (Å²) < 4.78 is 67.4. The standard InChI is InChI=1S/C64H40F4N2/c65-55-39-61(57(67)37-53(55)47-21-13-19-45(35-47)41-15-5-1-6-16-41)69(49-23-9-3-10-24-49)59-33-29-43-28-32-52-60(34-30-44-27-31-51(59)63(43)64(44)52)70(50-25-11-4-12-26-50)62-40-56(66)54(38-58(62)68)48-22-14-20-46(36-48)42-17-7-2-8-18-42/h1-40H. The molecule has 2 nitrogen and oxygen atoms in total. The number of benzene rings is 12. The molecule has 334 valence electrons. The minimum atomic E-state index is -0.596. The molecular formula is C64H40F4N2. The fraction of sp³-hybridized carbons (Fsp3) is 0.